The van der Waals surface area contributed by atoms with E-state index in [2.05, 4.69) is 45.1 Å². The maximum absolute atomic E-state index is 4.02. The summed E-state index contributed by atoms with van der Waals surface area (Å²) in [6.07, 6.45) is 22.2. The molecular formula is C18H33. The molecule has 0 rings (SSSR count). The monoisotopic (exact) mass is 249 g/mol. The van der Waals surface area contributed by atoms with Crippen LogP contribution in [0.25, 0.3) is 0 Å². The molecule has 0 heteroatoms. The SMILES string of the molecule is [CH2]CC(C=CCCCC)C=CCCCCCCC. The van der Waals surface area contributed by atoms with Crippen molar-refractivity contribution >= 4 is 0 Å². The van der Waals surface area contributed by atoms with Crippen molar-refractivity contribution in [2.75, 3.05) is 0 Å². The Morgan fingerprint density at radius 3 is 1.89 bits per heavy atom. The Balaban J connectivity index is 3.60. The first-order chi connectivity index (χ1) is 8.85. The van der Waals surface area contributed by atoms with Crippen molar-refractivity contribution in [3.05, 3.63) is 31.2 Å². The topological polar surface area (TPSA) is 0 Å². The van der Waals surface area contributed by atoms with Crippen LogP contribution < -0.4 is 0 Å². The lowest BCUT2D eigenvalue weighted by molar-refractivity contribution is 0.636. The summed E-state index contributed by atoms with van der Waals surface area (Å²) in [5.41, 5.74) is 0. The third kappa shape index (κ3) is 12.0. The third-order valence-corrected chi connectivity index (χ3v) is 3.30. The van der Waals surface area contributed by atoms with Gasteiger partial charge >= 0.3 is 0 Å². The van der Waals surface area contributed by atoms with E-state index in [0.29, 0.717) is 5.92 Å². The second kappa shape index (κ2) is 14.5. The van der Waals surface area contributed by atoms with E-state index in [1.165, 1.54) is 57.8 Å². The second-order valence-electron chi connectivity index (χ2n) is 5.15. The standard InChI is InChI=1S/C18H33/c1-4-7-9-11-12-13-15-17-18(6-3)16-14-10-8-5-2/h14-18H,3-13H2,1-2H3. The van der Waals surface area contributed by atoms with Crippen molar-refractivity contribution in [2.24, 2.45) is 5.92 Å². The first-order valence-corrected chi connectivity index (χ1v) is 7.97. The fourth-order valence-corrected chi connectivity index (χ4v) is 1.99. The van der Waals surface area contributed by atoms with Gasteiger partial charge in [0.05, 0.1) is 0 Å². The zero-order valence-electron chi connectivity index (χ0n) is 12.7. The maximum Gasteiger partial charge on any atom is -0.00535 e. The lowest BCUT2D eigenvalue weighted by Gasteiger charge is -2.03. The lowest BCUT2D eigenvalue weighted by atomic mass is 10.0. The highest BCUT2D eigenvalue weighted by atomic mass is 14.0. The summed E-state index contributed by atoms with van der Waals surface area (Å²) in [5.74, 6) is 0.553. The number of hydrogen-bond acceptors (Lipinski definition) is 0. The molecule has 1 radical (unpaired) electrons. The van der Waals surface area contributed by atoms with E-state index < -0.39 is 0 Å². The van der Waals surface area contributed by atoms with Crippen LogP contribution >= 0.6 is 0 Å². The van der Waals surface area contributed by atoms with E-state index in [-0.39, 0.29) is 0 Å². The lowest BCUT2D eigenvalue weighted by Crippen LogP contribution is -1.88. The normalized spacial score (nSPS) is 13.7. The third-order valence-electron chi connectivity index (χ3n) is 3.30. The van der Waals surface area contributed by atoms with Gasteiger partial charge in [-0.2, -0.15) is 0 Å². The zero-order valence-corrected chi connectivity index (χ0v) is 12.7. The molecule has 0 bridgehead atoms. The van der Waals surface area contributed by atoms with Gasteiger partial charge in [0.2, 0.25) is 0 Å². The molecule has 18 heavy (non-hydrogen) atoms. The smallest absolute Gasteiger partial charge is 0.00535 e. The van der Waals surface area contributed by atoms with Gasteiger partial charge in [-0.05, 0) is 31.6 Å². The van der Waals surface area contributed by atoms with Gasteiger partial charge in [0.25, 0.3) is 0 Å². The van der Waals surface area contributed by atoms with E-state index in [9.17, 15) is 0 Å². The minimum atomic E-state index is 0.553. The Morgan fingerprint density at radius 2 is 1.33 bits per heavy atom. The molecular weight excluding hydrogens is 216 g/mol. The van der Waals surface area contributed by atoms with Crippen molar-refractivity contribution in [3.8, 4) is 0 Å². The summed E-state index contributed by atoms with van der Waals surface area (Å²) in [6.45, 7) is 8.53. The molecule has 0 aromatic heterocycles. The van der Waals surface area contributed by atoms with Crippen molar-refractivity contribution in [1.82, 2.24) is 0 Å². The van der Waals surface area contributed by atoms with Gasteiger partial charge in [0.1, 0.15) is 0 Å². The largest absolute Gasteiger partial charge is 0.0879 e. The molecule has 0 heterocycles. The maximum atomic E-state index is 4.02. The molecule has 0 amide bonds. The van der Waals surface area contributed by atoms with Crippen molar-refractivity contribution in [2.45, 2.75) is 78.1 Å². The zero-order chi connectivity index (χ0) is 13.5. The predicted octanol–water partition coefficient (Wildman–Crippen LogP) is 6.49. The fourth-order valence-electron chi connectivity index (χ4n) is 1.99. The predicted molar refractivity (Wildman–Crippen MR) is 84.6 cm³/mol. The molecule has 0 aliphatic rings. The Hall–Kier alpha value is -0.520. The van der Waals surface area contributed by atoms with E-state index in [1.807, 2.05) is 0 Å². The first-order valence-electron chi connectivity index (χ1n) is 7.97. The van der Waals surface area contributed by atoms with Gasteiger partial charge in [0, 0.05) is 0 Å². The van der Waals surface area contributed by atoms with Crippen LogP contribution in [0.15, 0.2) is 24.3 Å². The Kier molecular flexibility index (Phi) is 14.1. The quantitative estimate of drug-likeness (QED) is 0.274. The van der Waals surface area contributed by atoms with Crippen LogP contribution in [-0.4, -0.2) is 0 Å². The van der Waals surface area contributed by atoms with Crippen LogP contribution in [0.3, 0.4) is 0 Å². The Labute approximate surface area is 116 Å². The number of rotatable bonds is 12. The van der Waals surface area contributed by atoms with E-state index >= 15 is 0 Å². The van der Waals surface area contributed by atoms with Crippen molar-refractivity contribution in [1.29, 1.82) is 0 Å². The van der Waals surface area contributed by atoms with Crippen LogP contribution in [0, 0.1) is 12.8 Å². The fraction of sp³-hybridized carbons (Fsp3) is 0.722. The molecule has 0 aliphatic heterocycles. The summed E-state index contributed by atoms with van der Waals surface area (Å²) in [5, 5.41) is 0. The van der Waals surface area contributed by atoms with Crippen molar-refractivity contribution in [3.63, 3.8) is 0 Å². The number of allylic oxidation sites excluding steroid dienone is 4. The molecule has 0 aliphatic carbocycles. The molecule has 0 saturated heterocycles. The molecule has 0 aromatic carbocycles. The Morgan fingerprint density at radius 1 is 0.778 bits per heavy atom. The van der Waals surface area contributed by atoms with Gasteiger partial charge in [0.15, 0.2) is 0 Å². The van der Waals surface area contributed by atoms with Crippen LogP contribution in [0.4, 0.5) is 0 Å². The molecule has 1 atom stereocenters. The molecule has 1 unspecified atom stereocenters. The average Bonchev–Trinajstić information content (AvgIpc) is 2.40. The van der Waals surface area contributed by atoms with E-state index in [1.54, 1.807) is 0 Å². The molecule has 0 saturated carbocycles. The summed E-state index contributed by atoms with van der Waals surface area (Å²) >= 11 is 0. The van der Waals surface area contributed by atoms with Gasteiger partial charge in [-0.25, -0.2) is 0 Å². The van der Waals surface area contributed by atoms with E-state index in [4.69, 9.17) is 0 Å². The van der Waals surface area contributed by atoms with Crippen LogP contribution in [0.2, 0.25) is 0 Å². The van der Waals surface area contributed by atoms with Gasteiger partial charge in [-0.15, -0.1) is 0 Å². The van der Waals surface area contributed by atoms with Crippen LogP contribution in [-0.2, 0) is 0 Å². The summed E-state index contributed by atoms with van der Waals surface area (Å²) in [6, 6.07) is 0. The summed E-state index contributed by atoms with van der Waals surface area (Å²) in [7, 11) is 0. The number of unbranched alkanes of at least 4 members (excludes halogenated alkanes) is 7. The average molecular weight is 249 g/mol. The van der Waals surface area contributed by atoms with Crippen molar-refractivity contribution < 1.29 is 0 Å². The minimum absolute atomic E-state index is 0.553. The summed E-state index contributed by atoms with van der Waals surface area (Å²) < 4.78 is 0. The molecule has 0 aromatic rings. The van der Waals surface area contributed by atoms with E-state index in [0.717, 1.165) is 6.42 Å². The molecule has 0 nitrogen and oxygen atoms in total. The van der Waals surface area contributed by atoms with Crippen LogP contribution in [0.5, 0.6) is 0 Å². The molecule has 0 spiro atoms. The van der Waals surface area contributed by atoms with Gasteiger partial charge in [-0.1, -0.05) is 83.6 Å². The second-order valence-corrected chi connectivity index (χ2v) is 5.15. The highest BCUT2D eigenvalue weighted by Crippen LogP contribution is 2.10. The molecule has 0 fully saturated rings. The molecule has 105 valence electrons. The van der Waals surface area contributed by atoms with Crippen LogP contribution in [0.1, 0.15) is 78.1 Å². The molecule has 0 N–H and O–H groups in total. The highest BCUT2D eigenvalue weighted by molar-refractivity contribution is 5.00. The number of hydrogen-bond donors (Lipinski definition) is 0. The Bertz CT molecular complexity index is 200. The highest BCUT2D eigenvalue weighted by Gasteiger charge is 1.95. The van der Waals surface area contributed by atoms with Gasteiger partial charge in [-0.3, -0.25) is 0 Å². The summed E-state index contributed by atoms with van der Waals surface area (Å²) in [4.78, 5) is 0. The minimum Gasteiger partial charge on any atom is -0.0879 e. The first kappa shape index (κ1) is 17.5. The van der Waals surface area contributed by atoms with Gasteiger partial charge < -0.3 is 0 Å².